The molecule has 0 aliphatic heterocycles. The number of Topliss-reactive ketones (excluding diaryl/α,β-unsaturated/α-hetero) is 1. The van der Waals surface area contributed by atoms with Crippen LogP contribution in [-0.4, -0.2) is 65.5 Å². The molecule has 0 aromatic carbocycles. The number of aromatic amines is 2. The zero-order chi connectivity index (χ0) is 20.1. The summed E-state index contributed by atoms with van der Waals surface area (Å²) in [5, 5.41) is 11.3. The van der Waals surface area contributed by atoms with Crippen molar-refractivity contribution in [1.82, 2.24) is 9.97 Å². The van der Waals surface area contributed by atoms with Crippen LogP contribution >= 0.6 is 0 Å². The van der Waals surface area contributed by atoms with Gasteiger partial charge in [-0.25, -0.2) is 9.59 Å². The predicted molar refractivity (Wildman–Crippen MR) is 88.3 cm³/mol. The number of carbonyl (C=O) groups is 3. The number of likely N-dealkylation sites (N-methyl/N-ethyl adjacent to an activating group) is 1. The first kappa shape index (κ1) is 21.3. The summed E-state index contributed by atoms with van der Waals surface area (Å²) in [6.07, 6.45) is -0.420. The molecule has 1 heterocycles. The second kappa shape index (κ2) is 8.09. The van der Waals surface area contributed by atoms with Gasteiger partial charge in [0.25, 0.3) is 5.56 Å². The Morgan fingerprint density at radius 1 is 1.19 bits per heavy atom. The number of hydrogen-bond donors (Lipinski definition) is 2. The summed E-state index contributed by atoms with van der Waals surface area (Å²) in [6, 6.07) is 0.795. The van der Waals surface area contributed by atoms with Crippen LogP contribution in [-0.2, 0) is 14.3 Å². The van der Waals surface area contributed by atoms with E-state index >= 15 is 0 Å². The van der Waals surface area contributed by atoms with E-state index in [1.54, 1.807) is 28.1 Å². The third kappa shape index (κ3) is 5.96. The average molecular weight is 369 g/mol. The van der Waals surface area contributed by atoms with E-state index in [0.29, 0.717) is 6.42 Å². The highest BCUT2D eigenvalue weighted by Gasteiger charge is 2.46. The highest BCUT2D eigenvalue weighted by Crippen LogP contribution is 2.24. The first-order valence-electron chi connectivity index (χ1n) is 7.99. The number of carboxylic acid groups (broad SMARTS) is 1. The Balaban J connectivity index is 3.38. The van der Waals surface area contributed by atoms with Gasteiger partial charge in [-0.05, 0) is 6.42 Å². The van der Waals surface area contributed by atoms with Crippen molar-refractivity contribution < 1.29 is 28.7 Å². The van der Waals surface area contributed by atoms with Crippen molar-refractivity contribution in [2.75, 3.05) is 27.7 Å². The maximum Gasteiger partial charge on any atom is 0.356 e. The molecule has 144 valence electrons. The van der Waals surface area contributed by atoms with Gasteiger partial charge in [-0.2, -0.15) is 0 Å². The zero-order valence-electron chi connectivity index (χ0n) is 15.2. The summed E-state index contributed by atoms with van der Waals surface area (Å²) in [6.45, 7) is 1.60. The van der Waals surface area contributed by atoms with Crippen LogP contribution in [0.15, 0.2) is 15.7 Å². The zero-order valence-corrected chi connectivity index (χ0v) is 15.2. The average Bonchev–Trinajstić information content (AvgIpc) is 2.43. The lowest BCUT2D eigenvalue weighted by Gasteiger charge is -2.38. The van der Waals surface area contributed by atoms with Gasteiger partial charge in [0.15, 0.2) is 5.78 Å². The van der Waals surface area contributed by atoms with E-state index in [1.807, 2.05) is 4.98 Å². The van der Waals surface area contributed by atoms with Crippen LogP contribution < -0.4 is 16.4 Å². The molecule has 0 aliphatic rings. The van der Waals surface area contributed by atoms with Crippen molar-refractivity contribution in [1.29, 1.82) is 0 Å². The van der Waals surface area contributed by atoms with Gasteiger partial charge < -0.3 is 24.1 Å². The molecular formula is C16H23N3O7. The highest BCUT2D eigenvalue weighted by atomic mass is 16.6. The Morgan fingerprint density at radius 3 is 2.27 bits per heavy atom. The molecule has 1 atom stereocenters. The number of aliphatic carboxylic acids is 1. The van der Waals surface area contributed by atoms with Gasteiger partial charge in [-0.15, -0.1) is 0 Å². The minimum absolute atomic E-state index is 0.00749. The van der Waals surface area contributed by atoms with Crippen molar-refractivity contribution in [3.8, 4) is 0 Å². The van der Waals surface area contributed by atoms with Crippen molar-refractivity contribution in [2.45, 2.75) is 31.8 Å². The van der Waals surface area contributed by atoms with E-state index in [4.69, 9.17) is 4.74 Å². The fraction of sp³-hybridized carbons (Fsp3) is 0.562. The molecule has 0 bridgehead atoms. The molecule has 1 rings (SSSR count). The monoisotopic (exact) mass is 369 g/mol. The van der Waals surface area contributed by atoms with Gasteiger partial charge in [0.05, 0.1) is 21.1 Å². The summed E-state index contributed by atoms with van der Waals surface area (Å²) in [5.74, 6) is -3.31. The summed E-state index contributed by atoms with van der Waals surface area (Å²) in [7, 11) is 5.10. The topological polar surface area (TPSA) is 149 Å². The summed E-state index contributed by atoms with van der Waals surface area (Å²) in [4.78, 5) is 63.0. The van der Waals surface area contributed by atoms with Gasteiger partial charge in [-0.1, -0.05) is 6.92 Å². The fourth-order valence-corrected chi connectivity index (χ4v) is 2.63. The normalized spacial score (nSPS) is 13.7. The van der Waals surface area contributed by atoms with E-state index in [1.165, 1.54) is 0 Å². The fourth-order valence-electron chi connectivity index (χ4n) is 2.63. The van der Waals surface area contributed by atoms with Gasteiger partial charge in [0.2, 0.25) is 5.60 Å². The van der Waals surface area contributed by atoms with Crippen molar-refractivity contribution in [3.63, 3.8) is 0 Å². The number of nitrogens with zero attached hydrogens (tertiary/aromatic N) is 1. The maximum atomic E-state index is 12.7. The summed E-state index contributed by atoms with van der Waals surface area (Å²) < 4.78 is 5.41. The largest absolute Gasteiger partial charge is 0.550 e. The first-order valence-corrected chi connectivity index (χ1v) is 7.99. The van der Waals surface area contributed by atoms with Crippen molar-refractivity contribution in [2.24, 2.45) is 0 Å². The molecule has 0 amide bonds. The molecule has 10 nitrogen and oxygen atoms in total. The second-order valence-electron chi connectivity index (χ2n) is 7.06. The minimum Gasteiger partial charge on any atom is -0.550 e. The Bertz CT molecular complexity index is 775. The third-order valence-corrected chi connectivity index (χ3v) is 3.41. The molecule has 0 saturated heterocycles. The lowest BCUT2D eigenvalue weighted by molar-refractivity contribution is -0.875. The van der Waals surface area contributed by atoms with Crippen molar-refractivity contribution >= 4 is 17.7 Å². The molecule has 1 aromatic rings. The molecular weight excluding hydrogens is 346 g/mol. The quantitative estimate of drug-likeness (QED) is 0.384. The first-order chi connectivity index (χ1) is 11.9. The molecule has 0 radical (unpaired) electrons. The van der Waals surface area contributed by atoms with E-state index in [2.05, 4.69) is 4.98 Å². The third-order valence-electron chi connectivity index (χ3n) is 3.41. The predicted octanol–water partition coefficient (Wildman–Crippen LogP) is -1.83. The molecule has 0 spiro atoms. The molecule has 10 heteroatoms. The molecule has 0 unspecified atom stereocenters. The van der Waals surface area contributed by atoms with Crippen LogP contribution in [0.25, 0.3) is 0 Å². The number of hydrogen-bond acceptors (Lipinski definition) is 7. The van der Waals surface area contributed by atoms with E-state index in [-0.39, 0.29) is 17.4 Å². The molecule has 0 fully saturated rings. The van der Waals surface area contributed by atoms with Crippen LogP contribution in [0.3, 0.4) is 0 Å². The number of H-pyrrole nitrogens is 2. The number of carboxylic acids is 1. The molecule has 26 heavy (non-hydrogen) atoms. The minimum atomic E-state index is -1.98. The molecule has 2 N–H and O–H groups in total. The Kier molecular flexibility index (Phi) is 6.62. The second-order valence-corrected chi connectivity index (χ2v) is 7.06. The lowest BCUT2D eigenvalue weighted by atomic mass is 9.89. The maximum absolute atomic E-state index is 12.7. The van der Waals surface area contributed by atoms with Gasteiger partial charge in [0, 0.05) is 24.9 Å². The van der Waals surface area contributed by atoms with Crippen LogP contribution in [0.4, 0.5) is 0 Å². The molecule has 0 aliphatic carbocycles. The van der Waals surface area contributed by atoms with Crippen LogP contribution in [0.1, 0.15) is 36.7 Å². The Morgan fingerprint density at radius 2 is 1.81 bits per heavy atom. The number of nitrogens with one attached hydrogen (secondary N) is 2. The van der Waals surface area contributed by atoms with Crippen LogP contribution in [0.2, 0.25) is 0 Å². The van der Waals surface area contributed by atoms with Crippen molar-refractivity contribution in [3.05, 3.63) is 32.6 Å². The summed E-state index contributed by atoms with van der Waals surface area (Å²) in [5.41, 5.74) is -4.23. The smallest absolute Gasteiger partial charge is 0.356 e. The standard InChI is InChI=1S/C16H23N3O7/c1-5-6-11(20)16(8-13(22)23,9-19(2,3)4)26-14(24)10-7-12(21)18-15(25)17-10/h7H,5-6,8-9H2,1-4H3,(H2-,17,18,21,22,23,25)/t16-/m1/s1. The number of esters is 1. The Labute approximate surface area is 149 Å². The highest BCUT2D eigenvalue weighted by molar-refractivity contribution is 5.95. The Hall–Kier alpha value is -2.75. The molecule has 0 saturated carbocycles. The van der Waals surface area contributed by atoms with E-state index < -0.39 is 46.7 Å². The number of aromatic nitrogens is 2. The number of ether oxygens (including phenoxy) is 1. The van der Waals surface area contributed by atoms with E-state index in [9.17, 15) is 29.1 Å². The van der Waals surface area contributed by atoms with Gasteiger partial charge in [-0.3, -0.25) is 14.6 Å². The van der Waals surface area contributed by atoms with Gasteiger partial charge >= 0.3 is 11.7 Å². The number of carbonyl (C=O) groups excluding carboxylic acids is 3. The van der Waals surface area contributed by atoms with Crippen LogP contribution in [0, 0.1) is 0 Å². The number of ketones is 1. The van der Waals surface area contributed by atoms with E-state index in [0.717, 1.165) is 6.07 Å². The SMILES string of the molecule is CCCC(=O)[C@@](CC(=O)[O-])(C[N+](C)(C)C)OC(=O)c1cc(=O)[nH]c(=O)[nH]1. The summed E-state index contributed by atoms with van der Waals surface area (Å²) >= 11 is 0. The van der Waals surface area contributed by atoms with Gasteiger partial charge in [0.1, 0.15) is 12.2 Å². The van der Waals surface area contributed by atoms with Crippen LogP contribution in [0.5, 0.6) is 0 Å². The molecule has 1 aromatic heterocycles. The lowest BCUT2D eigenvalue weighted by Crippen LogP contribution is -2.58. The number of rotatable bonds is 9. The number of quaternary nitrogens is 1.